The fraction of sp³-hybridized carbons (Fsp3) is 0.310. The molecule has 1 atom stereocenters. The van der Waals surface area contributed by atoms with E-state index >= 15 is 0 Å². The molecule has 0 radical (unpaired) electrons. The zero-order chi connectivity index (χ0) is 29.2. The SMILES string of the molecule is Cc1cc(C(F)(F)F)ccc1-c1cc2cnn(C(CC(C)C)c3ccc(C(=O)NCCC(=O)O)nc3)c2cc1Cl. The fourth-order valence-electron chi connectivity index (χ4n) is 4.60. The summed E-state index contributed by atoms with van der Waals surface area (Å²) >= 11 is 6.68. The number of amides is 1. The molecular weight excluding hydrogens is 545 g/mol. The van der Waals surface area contributed by atoms with Gasteiger partial charge in [0.05, 0.1) is 34.8 Å². The van der Waals surface area contributed by atoms with E-state index in [4.69, 9.17) is 16.7 Å². The molecule has 0 fully saturated rings. The van der Waals surface area contributed by atoms with Gasteiger partial charge in [-0.25, -0.2) is 0 Å². The minimum atomic E-state index is -4.43. The van der Waals surface area contributed by atoms with E-state index in [-0.39, 0.29) is 30.6 Å². The Morgan fingerprint density at radius 1 is 1.07 bits per heavy atom. The number of carboxylic acids is 1. The molecule has 7 nitrogen and oxygen atoms in total. The molecular formula is C29H28ClF3N4O3. The molecule has 4 rings (SSSR count). The Kier molecular flexibility index (Phi) is 8.48. The molecule has 0 aliphatic carbocycles. The second kappa shape index (κ2) is 11.7. The third-order valence-electron chi connectivity index (χ3n) is 6.55. The van der Waals surface area contributed by atoms with E-state index in [9.17, 15) is 22.8 Å². The number of rotatable bonds is 9. The number of aryl methyl sites for hydroxylation is 1. The van der Waals surface area contributed by atoms with Gasteiger partial charge in [0.1, 0.15) is 5.69 Å². The Morgan fingerprint density at radius 2 is 1.82 bits per heavy atom. The van der Waals surface area contributed by atoms with Crippen molar-refractivity contribution in [3.05, 3.63) is 82.3 Å². The lowest BCUT2D eigenvalue weighted by Gasteiger charge is -2.21. The van der Waals surface area contributed by atoms with E-state index in [2.05, 4.69) is 29.2 Å². The van der Waals surface area contributed by atoms with Crippen LogP contribution in [0.3, 0.4) is 0 Å². The number of carbonyl (C=O) groups is 2. The number of fused-ring (bicyclic) bond motifs is 1. The number of hydrogen-bond acceptors (Lipinski definition) is 4. The van der Waals surface area contributed by atoms with Gasteiger partial charge in [0, 0.05) is 23.7 Å². The van der Waals surface area contributed by atoms with Gasteiger partial charge in [0.2, 0.25) is 0 Å². The third-order valence-corrected chi connectivity index (χ3v) is 6.86. The van der Waals surface area contributed by atoms with Crippen molar-refractivity contribution in [2.75, 3.05) is 6.54 Å². The Bertz CT molecular complexity index is 1550. The zero-order valence-electron chi connectivity index (χ0n) is 22.1. The summed E-state index contributed by atoms with van der Waals surface area (Å²) in [6, 6.07) is 10.3. The minimum absolute atomic E-state index is 0.00158. The van der Waals surface area contributed by atoms with E-state index in [1.54, 1.807) is 37.5 Å². The van der Waals surface area contributed by atoms with Crippen LogP contribution in [-0.2, 0) is 11.0 Å². The summed E-state index contributed by atoms with van der Waals surface area (Å²) in [5.74, 6) is -1.18. The third kappa shape index (κ3) is 6.44. The second-order valence-electron chi connectivity index (χ2n) is 10.0. The summed E-state index contributed by atoms with van der Waals surface area (Å²) in [4.78, 5) is 27.3. The quantitative estimate of drug-likeness (QED) is 0.227. The summed E-state index contributed by atoms with van der Waals surface area (Å²) in [6.07, 6.45) is -0.607. The first kappa shape index (κ1) is 29.1. The molecule has 0 bridgehead atoms. The lowest BCUT2D eigenvalue weighted by Crippen LogP contribution is -2.27. The van der Waals surface area contributed by atoms with Gasteiger partial charge in [-0.2, -0.15) is 18.3 Å². The maximum absolute atomic E-state index is 13.2. The van der Waals surface area contributed by atoms with Gasteiger partial charge in [0.25, 0.3) is 5.91 Å². The Hall–Kier alpha value is -3.92. The molecule has 2 aromatic heterocycles. The molecule has 0 aliphatic heterocycles. The Morgan fingerprint density at radius 3 is 2.42 bits per heavy atom. The summed E-state index contributed by atoms with van der Waals surface area (Å²) in [6.45, 7) is 5.78. The highest BCUT2D eigenvalue weighted by Crippen LogP contribution is 2.38. The molecule has 4 aromatic rings. The van der Waals surface area contributed by atoms with Crippen LogP contribution in [0, 0.1) is 12.8 Å². The Balaban J connectivity index is 1.67. The molecule has 2 N–H and O–H groups in total. The van der Waals surface area contributed by atoms with E-state index in [1.165, 1.54) is 6.07 Å². The van der Waals surface area contributed by atoms with Gasteiger partial charge in [0.15, 0.2) is 0 Å². The zero-order valence-corrected chi connectivity index (χ0v) is 22.8. The van der Waals surface area contributed by atoms with Gasteiger partial charge in [-0.3, -0.25) is 19.3 Å². The monoisotopic (exact) mass is 572 g/mol. The van der Waals surface area contributed by atoms with E-state index < -0.39 is 23.6 Å². The predicted molar refractivity (Wildman–Crippen MR) is 146 cm³/mol. The molecule has 40 heavy (non-hydrogen) atoms. The minimum Gasteiger partial charge on any atom is -0.481 e. The number of nitrogens with zero attached hydrogens (tertiary/aromatic N) is 3. The number of aromatic nitrogens is 3. The highest BCUT2D eigenvalue weighted by molar-refractivity contribution is 6.34. The van der Waals surface area contributed by atoms with Crippen molar-refractivity contribution in [1.82, 2.24) is 20.1 Å². The number of hydrogen-bond donors (Lipinski definition) is 2. The first-order chi connectivity index (χ1) is 18.8. The topological polar surface area (TPSA) is 97.1 Å². The molecule has 0 spiro atoms. The standard InChI is InChI=1S/C29H28ClF3N4O3/c1-16(2)10-25(18-4-7-24(35-14-18)28(40)34-9-8-27(38)39)37-26-13-23(30)22(12-19(26)15-36-37)21-6-5-20(11-17(21)3)29(31,32)33/h4-7,11-16,25H,8-10H2,1-3H3,(H,34,40)(H,38,39). The van der Waals surface area contributed by atoms with Gasteiger partial charge in [-0.1, -0.05) is 37.6 Å². The van der Waals surface area contributed by atoms with Crippen LogP contribution >= 0.6 is 11.6 Å². The van der Waals surface area contributed by atoms with Crippen molar-refractivity contribution in [3.63, 3.8) is 0 Å². The van der Waals surface area contributed by atoms with E-state index in [0.717, 1.165) is 28.6 Å². The number of pyridine rings is 1. The largest absolute Gasteiger partial charge is 0.481 e. The van der Waals surface area contributed by atoms with E-state index in [1.807, 2.05) is 10.7 Å². The van der Waals surface area contributed by atoms with Crippen molar-refractivity contribution in [1.29, 1.82) is 0 Å². The van der Waals surface area contributed by atoms with Crippen LogP contribution in [0.1, 0.15) is 59.9 Å². The molecule has 0 aliphatic rings. The van der Waals surface area contributed by atoms with Crippen molar-refractivity contribution in [2.24, 2.45) is 5.92 Å². The average Bonchev–Trinajstić information content (AvgIpc) is 3.28. The van der Waals surface area contributed by atoms with Gasteiger partial charge in [-0.05, 0) is 66.3 Å². The summed E-state index contributed by atoms with van der Waals surface area (Å²) < 4.78 is 41.3. The van der Waals surface area contributed by atoms with Crippen molar-refractivity contribution < 1.29 is 27.9 Å². The molecule has 11 heteroatoms. The number of carbonyl (C=O) groups excluding carboxylic acids is 1. The average molecular weight is 573 g/mol. The van der Waals surface area contributed by atoms with Crippen LogP contribution in [-0.4, -0.2) is 38.3 Å². The van der Waals surface area contributed by atoms with Crippen LogP contribution in [0.15, 0.2) is 54.9 Å². The van der Waals surface area contributed by atoms with Crippen LogP contribution < -0.4 is 5.32 Å². The summed E-state index contributed by atoms with van der Waals surface area (Å²) in [5.41, 5.74) is 2.70. The van der Waals surface area contributed by atoms with Crippen molar-refractivity contribution in [2.45, 2.75) is 45.8 Å². The molecule has 1 amide bonds. The first-order valence-electron chi connectivity index (χ1n) is 12.7. The number of aliphatic carboxylic acids is 1. The fourth-order valence-corrected chi connectivity index (χ4v) is 4.86. The van der Waals surface area contributed by atoms with E-state index in [0.29, 0.717) is 28.1 Å². The number of carboxylic acid groups (broad SMARTS) is 1. The van der Waals surface area contributed by atoms with Gasteiger partial charge >= 0.3 is 12.1 Å². The second-order valence-corrected chi connectivity index (χ2v) is 10.4. The van der Waals surface area contributed by atoms with Crippen LogP contribution in [0.2, 0.25) is 5.02 Å². The lowest BCUT2D eigenvalue weighted by molar-refractivity contribution is -0.138. The first-order valence-corrected chi connectivity index (χ1v) is 13.0. The molecule has 0 saturated carbocycles. The van der Waals surface area contributed by atoms with Crippen LogP contribution in [0.5, 0.6) is 0 Å². The molecule has 2 aromatic carbocycles. The van der Waals surface area contributed by atoms with Crippen LogP contribution in [0.25, 0.3) is 22.0 Å². The Labute approximate surface area is 234 Å². The lowest BCUT2D eigenvalue weighted by atomic mass is 9.96. The van der Waals surface area contributed by atoms with Gasteiger partial charge in [-0.15, -0.1) is 0 Å². The van der Waals surface area contributed by atoms with Gasteiger partial charge < -0.3 is 10.4 Å². The number of alkyl halides is 3. The summed E-state index contributed by atoms with van der Waals surface area (Å²) in [7, 11) is 0. The predicted octanol–water partition coefficient (Wildman–Crippen LogP) is 6.92. The van der Waals surface area contributed by atoms with Crippen molar-refractivity contribution in [3.8, 4) is 11.1 Å². The smallest absolute Gasteiger partial charge is 0.416 e. The molecule has 2 heterocycles. The number of halogens is 4. The number of nitrogens with one attached hydrogen (secondary N) is 1. The maximum Gasteiger partial charge on any atom is 0.416 e. The maximum atomic E-state index is 13.2. The van der Waals surface area contributed by atoms with Crippen molar-refractivity contribution >= 4 is 34.4 Å². The molecule has 210 valence electrons. The normalized spacial score (nSPS) is 12.6. The molecule has 1 unspecified atom stereocenters. The highest BCUT2D eigenvalue weighted by atomic mass is 35.5. The number of benzene rings is 2. The molecule has 0 saturated heterocycles. The summed E-state index contributed by atoms with van der Waals surface area (Å²) in [5, 5.41) is 17.1. The van der Waals surface area contributed by atoms with Crippen LogP contribution in [0.4, 0.5) is 13.2 Å². The highest BCUT2D eigenvalue weighted by Gasteiger charge is 2.31.